The molecule has 1 heterocycles. The zero-order valence-electron chi connectivity index (χ0n) is 10.3. The molecule has 0 bridgehead atoms. The number of ether oxygens (including phenoxy) is 2. The van der Waals surface area contributed by atoms with E-state index in [0.717, 1.165) is 12.8 Å². The van der Waals surface area contributed by atoms with E-state index in [1.165, 1.54) is 18.2 Å². The Kier molecular flexibility index (Phi) is 4.31. The summed E-state index contributed by atoms with van der Waals surface area (Å²) < 4.78 is 45.6. The third-order valence-corrected chi connectivity index (χ3v) is 3.25. The molecule has 1 atom stereocenters. The molecule has 0 aromatic heterocycles. The Morgan fingerprint density at radius 3 is 2.58 bits per heavy atom. The van der Waals surface area contributed by atoms with Crippen molar-refractivity contribution in [2.45, 2.75) is 25.2 Å². The van der Waals surface area contributed by atoms with E-state index in [0.29, 0.717) is 18.8 Å². The normalized spacial score (nSPS) is 19.2. The molecular formula is C13H16F3NO2. The van der Waals surface area contributed by atoms with E-state index >= 15 is 0 Å². The summed E-state index contributed by atoms with van der Waals surface area (Å²) in [4.78, 5) is 0. The summed E-state index contributed by atoms with van der Waals surface area (Å²) in [5, 5.41) is 0. The van der Waals surface area contributed by atoms with Crippen LogP contribution in [0.2, 0.25) is 0 Å². The molecule has 1 aromatic carbocycles. The molecule has 19 heavy (non-hydrogen) atoms. The summed E-state index contributed by atoms with van der Waals surface area (Å²) in [5.74, 6) is 0.00222. The second-order valence-corrected chi connectivity index (χ2v) is 4.60. The Balaban J connectivity index is 2.09. The monoisotopic (exact) mass is 275 g/mol. The van der Waals surface area contributed by atoms with Crippen molar-refractivity contribution in [2.75, 3.05) is 13.2 Å². The number of nitrogens with two attached hydrogens (primary N) is 1. The van der Waals surface area contributed by atoms with Gasteiger partial charge in [0.15, 0.2) is 0 Å². The minimum atomic E-state index is -4.68. The maximum atomic E-state index is 12.2. The van der Waals surface area contributed by atoms with Crippen LogP contribution < -0.4 is 10.5 Å². The van der Waals surface area contributed by atoms with Crippen LogP contribution in [0, 0.1) is 5.92 Å². The van der Waals surface area contributed by atoms with Gasteiger partial charge in [0.2, 0.25) is 0 Å². The molecule has 0 unspecified atom stereocenters. The number of rotatable bonds is 3. The first-order valence-corrected chi connectivity index (χ1v) is 6.15. The lowest BCUT2D eigenvalue weighted by Gasteiger charge is -2.28. The number of halogens is 3. The van der Waals surface area contributed by atoms with Crippen LogP contribution in [0.3, 0.4) is 0 Å². The number of hydrogen-bond donors (Lipinski definition) is 1. The van der Waals surface area contributed by atoms with Crippen molar-refractivity contribution in [3.8, 4) is 5.75 Å². The number of benzene rings is 1. The molecule has 0 spiro atoms. The largest absolute Gasteiger partial charge is 0.573 e. The Morgan fingerprint density at radius 1 is 1.26 bits per heavy atom. The van der Waals surface area contributed by atoms with Crippen molar-refractivity contribution >= 4 is 0 Å². The van der Waals surface area contributed by atoms with E-state index in [2.05, 4.69) is 4.74 Å². The van der Waals surface area contributed by atoms with Gasteiger partial charge in [-0.15, -0.1) is 13.2 Å². The van der Waals surface area contributed by atoms with E-state index in [1.807, 2.05) is 0 Å². The van der Waals surface area contributed by atoms with E-state index in [1.54, 1.807) is 6.07 Å². The fourth-order valence-electron chi connectivity index (χ4n) is 2.27. The average molecular weight is 275 g/mol. The molecule has 106 valence electrons. The van der Waals surface area contributed by atoms with Crippen LogP contribution in [0.4, 0.5) is 13.2 Å². The Hall–Kier alpha value is -1.27. The first kappa shape index (κ1) is 14.1. The maximum absolute atomic E-state index is 12.2. The van der Waals surface area contributed by atoms with E-state index in [4.69, 9.17) is 10.5 Å². The SMILES string of the molecule is N[C@@H](c1cccc(OC(F)(F)F)c1)C1CCOCC1. The molecule has 1 aliphatic heterocycles. The topological polar surface area (TPSA) is 44.5 Å². The molecule has 1 fully saturated rings. The van der Waals surface area contributed by atoms with Crippen molar-refractivity contribution in [3.05, 3.63) is 29.8 Å². The molecule has 3 nitrogen and oxygen atoms in total. The zero-order chi connectivity index (χ0) is 13.9. The minimum absolute atomic E-state index is 0.229. The molecular weight excluding hydrogens is 259 g/mol. The molecule has 0 amide bonds. The van der Waals surface area contributed by atoms with Gasteiger partial charge in [-0.05, 0) is 36.5 Å². The van der Waals surface area contributed by atoms with Gasteiger partial charge in [-0.1, -0.05) is 12.1 Å². The Bertz CT molecular complexity index is 417. The van der Waals surface area contributed by atoms with Crippen LogP contribution in [-0.4, -0.2) is 19.6 Å². The summed E-state index contributed by atoms with van der Waals surface area (Å²) in [5.41, 5.74) is 6.77. The standard InChI is InChI=1S/C13H16F3NO2/c14-13(15,16)19-11-3-1-2-10(8-11)12(17)9-4-6-18-7-5-9/h1-3,8-9,12H,4-7,17H2/t12-/m1/s1. The van der Waals surface area contributed by atoms with Crippen molar-refractivity contribution in [1.29, 1.82) is 0 Å². The first-order chi connectivity index (χ1) is 8.96. The van der Waals surface area contributed by atoms with Gasteiger partial charge < -0.3 is 15.2 Å². The van der Waals surface area contributed by atoms with Crippen molar-refractivity contribution in [3.63, 3.8) is 0 Å². The minimum Gasteiger partial charge on any atom is -0.406 e. The third kappa shape index (κ3) is 4.11. The molecule has 0 aliphatic carbocycles. The van der Waals surface area contributed by atoms with Gasteiger partial charge in [0.25, 0.3) is 0 Å². The highest BCUT2D eigenvalue weighted by atomic mass is 19.4. The van der Waals surface area contributed by atoms with Crippen LogP contribution in [0.1, 0.15) is 24.4 Å². The first-order valence-electron chi connectivity index (χ1n) is 6.15. The second kappa shape index (κ2) is 5.79. The van der Waals surface area contributed by atoms with Gasteiger partial charge in [-0.3, -0.25) is 0 Å². The summed E-state index contributed by atoms with van der Waals surface area (Å²) in [6, 6.07) is 5.58. The highest BCUT2D eigenvalue weighted by Gasteiger charge is 2.31. The maximum Gasteiger partial charge on any atom is 0.573 e. The van der Waals surface area contributed by atoms with Crippen LogP contribution in [0.15, 0.2) is 24.3 Å². The molecule has 2 rings (SSSR count). The molecule has 0 radical (unpaired) electrons. The lowest BCUT2D eigenvalue weighted by Crippen LogP contribution is -2.27. The molecule has 0 saturated carbocycles. The summed E-state index contributed by atoms with van der Waals surface area (Å²) >= 11 is 0. The molecule has 1 aliphatic rings. The van der Waals surface area contributed by atoms with Gasteiger partial charge in [-0.2, -0.15) is 0 Å². The fourth-order valence-corrected chi connectivity index (χ4v) is 2.27. The van der Waals surface area contributed by atoms with Gasteiger partial charge in [-0.25, -0.2) is 0 Å². The predicted octanol–water partition coefficient (Wildman–Crippen LogP) is 3.01. The van der Waals surface area contributed by atoms with Gasteiger partial charge in [0, 0.05) is 19.3 Å². The summed E-state index contributed by atoms with van der Waals surface area (Å²) in [6.45, 7) is 1.30. The zero-order valence-corrected chi connectivity index (χ0v) is 10.3. The van der Waals surface area contributed by atoms with Crippen LogP contribution in [-0.2, 0) is 4.74 Å². The molecule has 6 heteroatoms. The lowest BCUT2D eigenvalue weighted by atomic mass is 9.88. The smallest absolute Gasteiger partial charge is 0.406 e. The summed E-state index contributed by atoms with van der Waals surface area (Å²) in [6.07, 6.45) is -3.03. The van der Waals surface area contributed by atoms with Crippen LogP contribution in [0.25, 0.3) is 0 Å². The van der Waals surface area contributed by atoms with E-state index in [-0.39, 0.29) is 17.7 Å². The van der Waals surface area contributed by atoms with Gasteiger partial charge in [0.1, 0.15) is 5.75 Å². The highest BCUT2D eigenvalue weighted by molar-refractivity contribution is 5.31. The van der Waals surface area contributed by atoms with E-state index in [9.17, 15) is 13.2 Å². The number of alkyl halides is 3. The molecule has 1 saturated heterocycles. The summed E-state index contributed by atoms with van der Waals surface area (Å²) in [7, 11) is 0. The number of hydrogen-bond acceptors (Lipinski definition) is 3. The average Bonchev–Trinajstić information content (AvgIpc) is 2.37. The predicted molar refractivity (Wildman–Crippen MR) is 63.6 cm³/mol. The molecule has 1 aromatic rings. The lowest BCUT2D eigenvalue weighted by molar-refractivity contribution is -0.274. The Morgan fingerprint density at radius 2 is 1.95 bits per heavy atom. The van der Waals surface area contributed by atoms with Crippen LogP contribution in [0.5, 0.6) is 5.75 Å². The second-order valence-electron chi connectivity index (χ2n) is 4.60. The van der Waals surface area contributed by atoms with Crippen molar-refractivity contribution in [2.24, 2.45) is 11.7 Å². The Labute approximate surface area is 109 Å². The van der Waals surface area contributed by atoms with Gasteiger partial charge in [0.05, 0.1) is 0 Å². The fraction of sp³-hybridized carbons (Fsp3) is 0.538. The van der Waals surface area contributed by atoms with Crippen LogP contribution >= 0.6 is 0 Å². The van der Waals surface area contributed by atoms with E-state index < -0.39 is 6.36 Å². The van der Waals surface area contributed by atoms with Gasteiger partial charge >= 0.3 is 6.36 Å². The quantitative estimate of drug-likeness (QED) is 0.922. The molecule has 2 N–H and O–H groups in total. The highest BCUT2D eigenvalue weighted by Crippen LogP contribution is 2.31. The van der Waals surface area contributed by atoms with Crippen molar-refractivity contribution in [1.82, 2.24) is 0 Å². The third-order valence-electron chi connectivity index (χ3n) is 3.25. The van der Waals surface area contributed by atoms with Crippen molar-refractivity contribution < 1.29 is 22.6 Å².